The smallest absolute Gasteiger partial charge is 0.260 e. The molecule has 0 N–H and O–H groups in total. The highest BCUT2D eigenvalue weighted by Crippen LogP contribution is 2.34. The topological polar surface area (TPSA) is 73.8 Å². The quantitative estimate of drug-likeness (QED) is 0.431. The van der Waals surface area contributed by atoms with Gasteiger partial charge in [-0.15, -0.1) is 0 Å². The highest BCUT2D eigenvalue weighted by molar-refractivity contribution is 7.89. The van der Waals surface area contributed by atoms with Gasteiger partial charge in [0.25, 0.3) is 5.91 Å². The first-order valence-corrected chi connectivity index (χ1v) is 14.3. The molecule has 188 valence electrons. The number of sulfonamides is 1. The monoisotopic (exact) mass is 534 g/mol. The molecule has 0 radical (unpaired) electrons. The molecule has 1 aliphatic rings. The summed E-state index contributed by atoms with van der Waals surface area (Å²) in [7, 11) is 0.332. The van der Waals surface area contributed by atoms with Gasteiger partial charge < -0.3 is 4.90 Å². The van der Waals surface area contributed by atoms with Crippen molar-refractivity contribution < 1.29 is 13.2 Å². The number of hydrogen-bond acceptors (Lipinski definition) is 6. The molecule has 1 amide bonds. The molecule has 0 saturated carbocycles. The maximum Gasteiger partial charge on any atom is 0.260 e. The van der Waals surface area contributed by atoms with Crippen LogP contribution in [0, 0.1) is 12.8 Å². The molecule has 0 atom stereocenters. The van der Waals surface area contributed by atoms with Gasteiger partial charge in [-0.25, -0.2) is 13.4 Å². The first-order valence-electron chi connectivity index (χ1n) is 11.7. The van der Waals surface area contributed by atoms with E-state index in [1.54, 1.807) is 21.3 Å². The zero-order chi connectivity index (χ0) is 25.3. The molecule has 0 unspecified atom stereocenters. The Bertz CT molecular complexity index is 1310. The van der Waals surface area contributed by atoms with E-state index in [0.717, 1.165) is 28.6 Å². The summed E-state index contributed by atoms with van der Waals surface area (Å²) in [4.78, 5) is 22.2. The number of fused-ring (bicyclic) bond motifs is 1. The Kier molecular flexibility index (Phi) is 7.83. The number of carbonyl (C=O) groups excluding carboxylic acids is 1. The molecular weight excluding hydrogens is 504 g/mol. The van der Waals surface area contributed by atoms with Gasteiger partial charge in [0.2, 0.25) is 10.0 Å². The van der Waals surface area contributed by atoms with Crippen LogP contribution in [0.5, 0.6) is 0 Å². The fourth-order valence-electron chi connectivity index (χ4n) is 4.14. The van der Waals surface area contributed by atoms with Crippen LogP contribution in [0.3, 0.4) is 0 Å². The molecule has 3 aromatic rings. The number of benzene rings is 2. The Morgan fingerprint density at radius 1 is 1.14 bits per heavy atom. The molecular formula is C25H31ClN4O3S2. The molecule has 2 heterocycles. The lowest BCUT2D eigenvalue weighted by Gasteiger charge is -2.29. The van der Waals surface area contributed by atoms with Gasteiger partial charge in [-0.1, -0.05) is 29.9 Å². The van der Waals surface area contributed by atoms with Crippen LogP contribution in [0.15, 0.2) is 41.3 Å². The van der Waals surface area contributed by atoms with Gasteiger partial charge in [0.15, 0.2) is 5.13 Å². The third kappa shape index (κ3) is 5.70. The summed E-state index contributed by atoms with van der Waals surface area (Å²) >= 11 is 7.65. The van der Waals surface area contributed by atoms with Gasteiger partial charge in [-0.2, -0.15) is 4.31 Å². The van der Waals surface area contributed by atoms with Gasteiger partial charge >= 0.3 is 0 Å². The average Bonchev–Trinajstić information content (AvgIpc) is 3.23. The maximum atomic E-state index is 13.6. The predicted octanol–water partition coefficient (Wildman–Crippen LogP) is 4.89. The first-order chi connectivity index (χ1) is 16.6. The minimum absolute atomic E-state index is 0.216. The second-order valence-corrected chi connectivity index (χ2v) is 12.8. The number of halogens is 1. The van der Waals surface area contributed by atoms with Crippen LogP contribution >= 0.6 is 22.9 Å². The average molecular weight is 535 g/mol. The standard InChI is InChI=1S/C25H31ClN4O3S2/c1-17-9-11-29(12-10-17)35(32,33)21-7-5-19(6-8-21)24(31)30(14-13-28(3)4)25-27-23-18(2)15-20(26)16-22(23)34-25/h5-8,15-17H,9-14H2,1-4H3. The number of anilines is 1. The van der Waals surface area contributed by atoms with Crippen LogP contribution in [0.4, 0.5) is 5.13 Å². The molecule has 1 fully saturated rings. The Labute approximate surface area is 216 Å². The number of nitrogens with zero attached hydrogens (tertiary/aromatic N) is 4. The third-order valence-electron chi connectivity index (χ3n) is 6.37. The van der Waals surface area contributed by atoms with Crippen LogP contribution in [0.25, 0.3) is 10.2 Å². The minimum atomic E-state index is -3.57. The van der Waals surface area contributed by atoms with Crippen molar-refractivity contribution in [1.29, 1.82) is 0 Å². The molecule has 0 aliphatic carbocycles. The van der Waals surface area contributed by atoms with Crippen molar-refractivity contribution in [1.82, 2.24) is 14.2 Å². The van der Waals surface area contributed by atoms with Gasteiger partial charge in [0.05, 0.1) is 15.1 Å². The number of carbonyl (C=O) groups is 1. The highest BCUT2D eigenvalue weighted by atomic mass is 35.5. The van der Waals surface area contributed by atoms with E-state index in [2.05, 4.69) is 6.92 Å². The normalized spacial score (nSPS) is 15.7. The zero-order valence-corrected chi connectivity index (χ0v) is 22.9. The van der Waals surface area contributed by atoms with Crippen LogP contribution in [-0.2, 0) is 10.0 Å². The molecule has 2 aromatic carbocycles. The van der Waals surface area contributed by atoms with Crippen molar-refractivity contribution in [2.24, 2.45) is 5.92 Å². The van der Waals surface area contributed by atoms with E-state index in [4.69, 9.17) is 16.6 Å². The number of piperidine rings is 1. The summed E-state index contributed by atoms with van der Waals surface area (Å²) < 4.78 is 28.6. The first kappa shape index (κ1) is 26.0. The van der Waals surface area contributed by atoms with E-state index < -0.39 is 10.0 Å². The van der Waals surface area contributed by atoms with Crippen LogP contribution in [-0.4, -0.2) is 68.8 Å². The molecule has 7 nitrogen and oxygen atoms in total. The summed E-state index contributed by atoms with van der Waals surface area (Å²) in [5.74, 6) is 0.322. The van der Waals surface area contributed by atoms with E-state index >= 15 is 0 Å². The van der Waals surface area contributed by atoms with Gasteiger partial charge in [0, 0.05) is 36.8 Å². The molecule has 0 bridgehead atoms. The molecule has 10 heteroatoms. The van der Waals surface area contributed by atoms with E-state index in [-0.39, 0.29) is 10.8 Å². The van der Waals surface area contributed by atoms with E-state index in [0.29, 0.717) is 47.8 Å². The van der Waals surface area contributed by atoms with Crippen LogP contribution in [0.2, 0.25) is 5.02 Å². The van der Waals surface area contributed by atoms with Crippen molar-refractivity contribution in [3.8, 4) is 0 Å². The molecule has 1 aromatic heterocycles. The van der Waals surface area contributed by atoms with E-state index in [1.807, 2.05) is 38.1 Å². The molecule has 0 spiro atoms. The lowest BCUT2D eigenvalue weighted by atomic mass is 10.0. The number of thiazole rings is 1. The maximum absolute atomic E-state index is 13.6. The number of hydrogen-bond donors (Lipinski definition) is 0. The molecule has 1 aliphatic heterocycles. The Morgan fingerprint density at radius 3 is 2.43 bits per heavy atom. The fraction of sp³-hybridized carbons (Fsp3) is 0.440. The summed E-state index contributed by atoms with van der Waals surface area (Å²) in [5.41, 5.74) is 2.20. The minimum Gasteiger partial charge on any atom is -0.308 e. The predicted molar refractivity (Wildman–Crippen MR) is 143 cm³/mol. The zero-order valence-electron chi connectivity index (χ0n) is 20.5. The van der Waals surface area contributed by atoms with Crippen molar-refractivity contribution in [3.63, 3.8) is 0 Å². The third-order valence-corrected chi connectivity index (χ3v) is 9.52. The second-order valence-electron chi connectivity index (χ2n) is 9.44. The highest BCUT2D eigenvalue weighted by Gasteiger charge is 2.29. The van der Waals surface area contributed by atoms with Gasteiger partial charge in [0.1, 0.15) is 0 Å². The number of aryl methyl sites for hydroxylation is 1. The number of rotatable bonds is 7. The van der Waals surface area contributed by atoms with E-state index in [1.165, 1.54) is 23.5 Å². The van der Waals surface area contributed by atoms with Crippen LogP contribution < -0.4 is 4.90 Å². The van der Waals surface area contributed by atoms with Crippen molar-refractivity contribution in [2.45, 2.75) is 31.6 Å². The number of likely N-dealkylation sites (N-methyl/N-ethyl adjacent to an activating group) is 1. The van der Waals surface area contributed by atoms with Crippen molar-refractivity contribution in [3.05, 3.63) is 52.5 Å². The number of aromatic nitrogens is 1. The second kappa shape index (κ2) is 10.5. The van der Waals surface area contributed by atoms with Crippen molar-refractivity contribution in [2.75, 3.05) is 45.2 Å². The van der Waals surface area contributed by atoms with E-state index in [9.17, 15) is 13.2 Å². The SMILES string of the molecule is Cc1cc(Cl)cc2sc(N(CCN(C)C)C(=O)c3ccc(S(=O)(=O)N4CCC(C)CC4)cc3)nc12. The molecule has 4 rings (SSSR count). The number of amides is 1. The Balaban J connectivity index is 1.62. The summed E-state index contributed by atoms with van der Waals surface area (Å²) in [6, 6.07) is 9.99. The lowest BCUT2D eigenvalue weighted by molar-refractivity contribution is 0.0985. The Morgan fingerprint density at radius 2 is 1.80 bits per heavy atom. The summed E-state index contributed by atoms with van der Waals surface area (Å²) in [6.07, 6.45) is 1.73. The van der Waals surface area contributed by atoms with Gasteiger partial charge in [-0.05, 0) is 81.7 Å². The fourth-order valence-corrected chi connectivity index (χ4v) is 7.06. The molecule has 35 heavy (non-hydrogen) atoms. The summed E-state index contributed by atoms with van der Waals surface area (Å²) in [6.45, 7) is 6.26. The Hall–Kier alpha value is -2.04. The largest absolute Gasteiger partial charge is 0.308 e. The molecule has 1 saturated heterocycles. The lowest BCUT2D eigenvalue weighted by Crippen LogP contribution is -2.38. The van der Waals surface area contributed by atoms with Gasteiger partial charge in [-0.3, -0.25) is 9.69 Å². The summed E-state index contributed by atoms with van der Waals surface area (Å²) in [5, 5.41) is 1.23. The van der Waals surface area contributed by atoms with Crippen LogP contribution in [0.1, 0.15) is 35.7 Å². The van der Waals surface area contributed by atoms with Crippen molar-refractivity contribution >= 4 is 54.2 Å².